The zero-order valence-corrected chi connectivity index (χ0v) is 20.0. The number of aromatic amines is 1. The molecule has 4 aromatic rings. The SMILES string of the molecule is Cc1cc(C)cc(Nc2ncc3c(n2)CCCN(C2CN(C(=O)c4ccc5[nH]nnc5c4)C2)C3)c1. The van der Waals surface area contributed by atoms with E-state index in [0.29, 0.717) is 23.1 Å². The highest BCUT2D eigenvalue weighted by Gasteiger charge is 2.36. The molecule has 0 bridgehead atoms. The van der Waals surface area contributed by atoms with E-state index in [2.05, 4.69) is 62.7 Å². The number of carbonyl (C=O) groups excluding carboxylic acids is 1. The summed E-state index contributed by atoms with van der Waals surface area (Å²) >= 11 is 0. The summed E-state index contributed by atoms with van der Waals surface area (Å²) in [5, 5.41) is 14.0. The molecule has 2 aromatic carbocycles. The van der Waals surface area contributed by atoms with Crippen LogP contribution in [0.3, 0.4) is 0 Å². The average Bonchev–Trinajstić information content (AvgIpc) is 3.17. The number of aryl methyl sites for hydroxylation is 3. The number of hydrogen-bond donors (Lipinski definition) is 2. The van der Waals surface area contributed by atoms with E-state index in [1.165, 1.54) is 16.7 Å². The first kappa shape index (κ1) is 21.7. The number of aromatic nitrogens is 5. The van der Waals surface area contributed by atoms with Crippen LogP contribution in [-0.2, 0) is 13.0 Å². The summed E-state index contributed by atoms with van der Waals surface area (Å²) in [6.45, 7) is 7.46. The van der Waals surface area contributed by atoms with E-state index in [1.54, 1.807) is 6.07 Å². The van der Waals surface area contributed by atoms with Crippen molar-refractivity contribution in [2.24, 2.45) is 0 Å². The highest BCUT2D eigenvalue weighted by atomic mass is 16.2. The lowest BCUT2D eigenvalue weighted by atomic mass is 10.0. The van der Waals surface area contributed by atoms with Gasteiger partial charge in [0.1, 0.15) is 5.52 Å². The Morgan fingerprint density at radius 1 is 1.11 bits per heavy atom. The normalized spacial score (nSPS) is 16.6. The van der Waals surface area contributed by atoms with E-state index in [0.717, 1.165) is 55.9 Å². The Kier molecular flexibility index (Phi) is 5.41. The van der Waals surface area contributed by atoms with E-state index in [1.807, 2.05) is 23.2 Å². The van der Waals surface area contributed by atoms with E-state index in [4.69, 9.17) is 4.98 Å². The van der Waals surface area contributed by atoms with Crippen molar-refractivity contribution in [3.63, 3.8) is 0 Å². The zero-order valence-electron chi connectivity index (χ0n) is 20.0. The predicted octanol–water partition coefficient (Wildman–Crippen LogP) is 3.38. The Balaban J connectivity index is 1.10. The molecule has 2 aliphatic rings. The molecule has 1 saturated heterocycles. The fourth-order valence-corrected chi connectivity index (χ4v) is 5.10. The van der Waals surface area contributed by atoms with Gasteiger partial charge in [0, 0.05) is 48.7 Å². The van der Waals surface area contributed by atoms with E-state index >= 15 is 0 Å². The standard InChI is InChI=1S/C26H28N8O/c1-16-8-17(2)10-20(9-16)28-26-27-12-19-13-33(7-3-4-22(19)29-26)21-14-34(15-21)25(35)18-5-6-23-24(11-18)31-32-30-23/h5-6,8-12,21H,3-4,7,13-15H2,1-2H3,(H,27,28,29)(H,30,31,32). The monoisotopic (exact) mass is 468 g/mol. The number of amides is 1. The van der Waals surface area contributed by atoms with Gasteiger partial charge in [-0.1, -0.05) is 11.3 Å². The number of hydrogen-bond acceptors (Lipinski definition) is 7. The van der Waals surface area contributed by atoms with Gasteiger partial charge in [-0.2, -0.15) is 0 Å². The van der Waals surface area contributed by atoms with Crippen LogP contribution in [0.1, 0.15) is 39.2 Å². The number of H-pyrrole nitrogens is 1. The first-order chi connectivity index (χ1) is 17.0. The van der Waals surface area contributed by atoms with Crippen LogP contribution in [0.15, 0.2) is 42.6 Å². The summed E-state index contributed by atoms with van der Waals surface area (Å²) in [6.07, 6.45) is 3.93. The second-order valence-electron chi connectivity index (χ2n) is 9.65. The smallest absolute Gasteiger partial charge is 0.254 e. The summed E-state index contributed by atoms with van der Waals surface area (Å²) in [6, 6.07) is 12.2. The van der Waals surface area contributed by atoms with Crippen molar-refractivity contribution in [1.29, 1.82) is 0 Å². The highest BCUT2D eigenvalue weighted by Crippen LogP contribution is 2.26. The Morgan fingerprint density at radius 2 is 1.94 bits per heavy atom. The maximum Gasteiger partial charge on any atom is 0.254 e. The summed E-state index contributed by atoms with van der Waals surface area (Å²) in [7, 11) is 0. The fraction of sp³-hybridized carbons (Fsp3) is 0.346. The number of likely N-dealkylation sites (tertiary alicyclic amines) is 1. The molecule has 9 nitrogen and oxygen atoms in total. The Bertz CT molecular complexity index is 1390. The number of nitrogens with one attached hydrogen (secondary N) is 2. The van der Waals surface area contributed by atoms with Gasteiger partial charge in [0.05, 0.1) is 11.2 Å². The van der Waals surface area contributed by atoms with Gasteiger partial charge >= 0.3 is 0 Å². The molecule has 0 aliphatic carbocycles. The molecule has 0 saturated carbocycles. The largest absolute Gasteiger partial charge is 0.335 e. The van der Waals surface area contributed by atoms with E-state index < -0.39 is 0 Å². The quantitative estimate of drug-likeness (QED) is 0.473. The molecule has 0 radical (unpaired) electrons. The average molecular weight is 469 g/mol. The van der Waals surface area contributed by atoms with Crippen LogP contribution in [-0.4, -0.2) is 66.8 Å². The van der Waals surface area contributed by atoms with Gasteiger partial charge in [-0.25, -0.2) is 9.97 Å². The van der Waals surface area contributed by atoms with Crippen LogP contribution in [0.2, 0.25) is 0 Å². The molecule has 0 atom stereocenters. The van der Waals surface area contributed by atoms with Crippen molar-refractivity contribution in [2.45, 2.75) is 39.3 Å². The number of rotatable bonds is 4. The van der Waals surface area contributed by atoms with Gasteiger partial charge in [0.2, 0.25) is 5.95 Å². The molecule has 9 heteroatoms. The molecule has 1 amide bonds. The van der Waals surface area contributed by atoms with Crippen LogP contribution < -0.4 is 5.32 Å². The Labute approximate surface area is 203 Å². The molecule has 6 rings (SSSR count). The van der Waals surface area contributed by atoms with Crippen LogP contribution >= 0.6 is 0 Å². The van der Waals surface area contributed by atoms with Crippen molar-refractivity contribution in [3.05, 3.63) is 70.5 Å². The van der Waals surface area contributed by atoms with Crippen molar-refractivity contribution in [2.75, 3.05) is 25.0 Å². The molecule has 2 aromatic heterocycles. The summed E-state index contributed by atoms with van der Waals surface area (Å²) < 4.78 is 0. The van der Waals surface area contributed by atoms with Crippen LogP contribution in [0, 0.1) is 13.8 Å². The van der Waals surface area contributed by atoms with Gasteiger partial charge in [-0.05, 0) is 74.7 Å². The second kappa shape index (κ2) is 8.74. The van der Waals surface area contributed by atoms with Gasteiger partial charge in [0.25, 0.3) is 5.91 Å². The Morgan fingerprint density at radius 3 is 2.77 bits per heavy atom. The van der Waals surface area contributed by atoms with Crippen molar-refractivity contribution < 1.29 is 4.79 Å². The summed E-state index contributed by atoms with van der Waals surface area (Å²) in [4.78, 5) is 26.8. The summed E-state index contributed by atoms with van der Waals surface area (Å²) in [5.41, 5.74) is 7.93. The van der Waals surface area contributed by atoms with Crippen LogP contribution in [0.5, 0.6) is 0 Å². The Hall–Kier alpha value is -3.85. The second-order valence-corrected chi connectivity index (χ2v) is 9.65. The van der Waals surface area contributed by atoms with Gasteiger partial charge in [-0.3, -0.25) is 14.8 Å². The molecule has 2 aliphatic heterocycles. The van der Waals surface area contributed by atoms with Gasteiger partial charge in [0.15, 0.2) is 0 Å². The highest BCUT2D eigenvalue weighted by molar-refractivity contribution is 5.97. The molecule has 178 valence electrons. The molecular formula is C26H28N8O. The predicted molar refractivity (Wildman–Crippen MR) is 134 cm³/mol. The number of benzene rings is 2. The van der Waals surface area contributed by atoms with Crippen molar-refractivity contribution in [1.82, 2.24) is 35.2 Å². The lowest BCUT2D eigenvalue weighted by Crippen LogP contribution is -2.60. The minimum atomic E-state index is 0.0480. The van der Waals surface area contributed by atoms with Crippen molar-refractivity contribution >= 4 is 28.6 Å². The lowest BCUT2D eigenvalue weighted by Gasteiger charge is -2.45. The van der Waals surface area contributed by atoms with Gasteiger partial charge in [-0.15, -0.1) is 5.10 Å². The van der Waals surface area contributed by atoms with Crippen molar-refractivity contribution in [3.8, 4) is 0 Å². The van der Waals surface area contributed by atoms with Gasteiger partial charge < -0.3 is 10.2 Å². The first-order valence-electron chi connectivity index (χ1n) is 12.1. The maximum absolute atomic E-state index is 12.9. The number of carbonyl (C=O) groups is 1. The number of anilines is 2. The molecule has 0 unspecified atom stereocenters. The first-order valence-corrected chi connectivity index (χ1v) is 12.1. The topological polar surface area (TPSA) is 103 Å². The third-order valence-electron chi connectivity index (χ3n) is 6.90. The number of nitrogens with zero attached hydrogens (tertiary/aromatic N) is 6. The minimum Gasteiger partial charge on any atom is -0.335 e. The molecule has 0 spiro atoms. The summed E-state index contributed by atoms with van der Waals surface area (Å²) in [5.74, 6) is 0.693. The van der Waals surface area contributed by atoms with Crippen LogP contribution in [0.25, 0.3) is 11.0 Å². The molecule has 1 fully saturated rings. The molecule has 2 N–H and O–H groups in total. The number of fused-ring (bicyclic) bond motifs is 2. The third kappa shape index (κ3) is 4.35. The van der Waals surface area contributed by atoms with Crippen LogP contribution in [0.4, 0.5) is 11.6 Å². The molecule has 35 heavy (non-hydrogen) atoms. The lowest BCUT2D eigenvalue weighted by molar-refractivity contribution is 0.0241. The fourth-order valence-electron chi connectivity index (χ4n) is 5.10. The molecular weight excluding hydrogens is 440 g/mol. The maximum atomic E-state index is 12.9. The van der Waals surface area contributed by atoms with E-state index in [9.17, 15) is 4.79 Å². The minimum absolute atomic E-state index is 0.0480. The zero-order chi connectivity index (χ0) is 23.9. The van der Waals surface area contributed by atoms with E-state index in [-0.39, 0.29) is 5.91 Å². The third-order valence-corrected chi connectivity index (χ3v) is 6.90. The molecule has 4 heterocycles.